The molecule has 1 unspecified atom stereocenters. The molecular formula is C17H29N3O. The monoisotopic (exact) mass is 291 g/mol. The third-order valence-electron chi connectivity index (χ3n) is 5.18. The third kappa shape index (κ3) is 3.07. The van der Waals surface area contributed by atoms with Crippen LogP contribution in [0, 0.1) is 5.92 Å². The molecule has 0 radical (unpaired) electrons. The van der Waals surface area contributed by atoms with E-state index < -0.39 is 0 Å². The van der Waals surface area contributed by atoms with Crippen molar-refractivity contribution < 1.29 is 4.74 Å². The number of benzene rings is 1. The fraction of sp³-hybridized carbons (Fsp3) is 0.647. The Morgan fingerprint density at radius 3 is 2.43 bits per heavy atom. The first kappa shape index (κ1) is 16.3. The van der Waals surface area contributed by atoms with Crippen molar-refractivity contribution in [1.82, 2.24) is 10.3 Å². The van der Waals surface area contributed by atoms with Crippen LogP contribution < -0.4 is 16.0 Å². The van der Waals surface area contributed by atoms with Crippen molar-refractivity contribution >= 4 is 0 Å². The molecule has 2 rings (SSSR count). The normalized spacial score (nSPS) is 27.6. The minimum atomic E-state index is 0.0376. The van der Waals surface area contributed by atoms with Gasteiger partial charge >= 0.3 is 0 Å². The van der Waals surface area contributed by atoms with Crippen LogP contribution in [0.1, 0.15) is 44.2 Å². The second-order valence-electron chi connectivity index (χ2n) is 6.52. The summed E-state index contributed by atoms with van der Waals surface area (Å²) in [4.78, 5) is 2.34. The molecule has 0 amide bonds. The summed E-state index contributed by atoms with van der Waals surface area (Å²) in [5.41, 5.74) is 4.26. The Kier molecular flexibility index (Phi) is 5.25. The van der Waals surface area contributed by atoms with Crippen LogP contribution >= 0.6 is 0 Å². The molecule has 0 aliphatic heterocycles. The molecule has 0 heterocycles. The first-order chi connectivity index (χ1) is 10.0. The Hall–Kier alpha value is -1.10. The number of para-hydroxylation sites is 1. The number of hydrazine groups is 1. The van der Waals surface area contributed by atoms with Crippen LogP contribution in [-0.2, 0) is 0 Å². The largest absolute Gasteiger partial charge is 0.496 e. The molecule has 0 spiro atoms. The molecule has 4 nitrogen and oxygen atoms in total. The Morgan fingerprint density at radius 2 is 1.90 bits per heavy atom. The summed E-state index contributed by atoms with van der Waals surface area (Å²) >= 11 is 0. The van der Waals surface area contributed by atoms with E-state index in [4.69, 9.17) is 10.6 Å². The van der Waals surface area contributed by atoms with Gasteiger partial charge in [-0.2, -0.15) is 0 Å². The molecule has 1 aromatic carbocycles. The number of methoxy groups -OCH3 is 1. The number of nitrogens with two attached hydrogens (primary N) is 1. The van der Waals surface area contributed by atoms with Gasteiger partial charge in [0.1, 0.15) is 5.75 Å². The minimum absolute atomic E-state index is 0.0376. The average Bonchev–Trinajstić information content (AvgIpc) is 2.50. The number of rotatable bonds is 5. The van der Waals surface area contributed by atoms with Gasteiger partial charge in [-0.15, -0.1) is 0 Å². The van der Waals surface area contributed by atoms with E-state index in [9.17, 15) is 0 Å². The maximum Gasteiger partial charge on any atom is 0.123 e. The predicted octanol–water partition coefficient (Wildman–Crippen LogP) is 2.71. The second-order valence-corrected chi connectivity index (χ2v) is 6.52. The predicted molar refractivity (Wildman–Crippen MR) is 87.1 cm³/mol. The first-order valence-electron chi connectivity index (χ1n) is 7.81. The Morgan fingerprint density at radius 1 is 1.29 bits per heavy atom. The minimum Gasteiger partial charge on any atom is -0.496 e. The van der Waals surface area contributed by atoms with Gasteiger partial charge in [-0.1, -0.05) is 25.1 Å². The van der Waals surface area contributed by atoms with Crippen LogP contribution in [0.15, 0.2) is 24.3 Å². The van der Waals surface area contributed by atoms with E-state index in [1.807, 2.05) is 12.1 Å². The highest BCUT2D eigenvalue weighted by atomic mass is 16.5. The van der Waals surface area contributed by atoms with E-state index in [1.165, 1.54) is 12.8 Å². The summed E-state index contributed by atoms with van der Waals surface area (Å²) in [7, 11) is 6.04. The van der Waals surface area contributed by atoms with Crippen molar-refractivity contribution in [3.05, 3.63) is 29.8 Å². The van der Waals surface area contributed by atoms with Crippen LogP contribution in [-0.4, -0.2) is 31.6 Å². The molecule has 1 aliphatic carbocycles. The van der Waals surface area contributed by atoms with E-state index in [-0.39, 0.29) is 11.6 Å². The standard InChI is InChI=1S/C17H29N3O/c1-13-9-11-17(12-10-13,20(2)3)16(19-18)14-7-5-6-8-15(14)21-4/h5-8,13,16,19H,9-12,18H2,1-4H3. The molecule has 1 atom stereocenters. The number of hydrogen-bond acceptors (Lipinski definition) is 4. The summed E-state index contributed by atoms with van der Waals surface area (Å²) in [5, 5.41) is 0. The van der Waals surface area contributed by atoms with E-state index in [1.54, 1.807) is 7.11 Å². The number of hydrogen-bond donors (Lipinski definition) is 2. The zero-order valence-electron chi connectivity index (χ0n) is 13.7. The SMILES string of the molecule is COc1ccccc1C(NN)C1(N(C)C)CCC(C)CC1. The van der Waals surface area contributed by atoms with Gasteiger partial charge in [-0.25, -0.2) is 0 Å². The maximum atomic E-state index is 5.98. The van der Waals surface area contributed by atoms with Crippen LogP contribution in [0.5, 0.6) is 5.75 Å². The van der Waals surface area contributed by atoms with Gasteiger partial charge in [0.25, 0.3) is 0 Å². The molecule has 0 bridgehead atoms. The third-order valence-corrected chi connectivity index (χ3v) is 5.18. The lowest BCUT2D eigenvalue weighted by Gasteiger charge is -2.49. The van der Waals surface area contributed by atoms with Crippen molar-refractivity contribution in [2.75, 3.05) is 21.2 Å². The molecule has 1 saturated carbocycles. The fourth-order valence-corrected chi connectivity index (χ4v) is 3.70. The molecule has 1 aromatic rings. The number of nitrogens with zero attached hydrogens (tertiary/aromatic N) is 1. The molecule has 4 heteroatoms. The lowest BCUT2D eigenvalue weighted by atomic mass is 9.70. The number of nitrogens with one attached hydrogen (secondary N) is 1. The van der Waals surface area contributed by atoms with Crippen LogP contribution in [0.2, 0.25) is 0 Å². The summed E-state index contributed by atoms with van der Waals surface area (Å²) < 4.78 is 5.55. The van der Waals surface area contributed by atoms with Gasteiger partial charge < -0.3 is 9.64 Å². The second kappa shape index (κ2) is 6.77. The van der Waals surface area contributed by atoms with Gasteiger partial charge in [0.05, 0.1) is 13.2 Å². The zero-order valence-corrected chi connectivity index (χ0v) is 13.7. The highest BCUT2D eigenvalue weighted by Gasteiger charge is 2.44. The fourth-order valence-electron chi connectivity index (χ4n) is 3.70. The van der Waals surface area contributed by atoms with E-state index in [2.05, 4.69) is 43.5 Å². The zero-order chi connectivity index (χ0) is 15.5. The highest BCUT2D eigenvalue weighted by Crippen LogP contribution is 2.45. The molecule has 1 fully saturated rings. The summed E-state index contributed by atoms with van der Waals surface area (Å²) in [6.07, 6.45) is 4.78. The lowest BCUT2D eigenvalue weighted by Crippen LogP contribution is -2.56. The van der Waals surface area contributed by atoms with Crippen LogP contribution in [0.3, 0.4) is 0 Å². The molecule has 3 N–H and O–H groups in total. The quantitative estimate of drug-likeness (QED) is 0.647. The Labute approximate surface area is 128 Å². The highest BCUT2D eigenvalue weighted by molar-refractivity contribution is 5.38. The van der Waals surface area contributed by atoms with Crippen molar-refractivity contribution in [3.63, 3.8) is 0 Å². The molecule has 0 saturated heterocycles. The van der Waals surface area contributed by atoms with Gasteiger partial charge in [-0.3, -0.25) is 11.3 Å². The number of likely N-dealkylation sites (N-methyl/N-ethyl adjacent to an activating group) is 1. The van der Waals surface area contributed by atoms with Crippen molar-refractivity contribution in [3.8, 4) is 5.75 Å². The molecule has 118 valence electrons. The summed E-state index contributed by atoms with van der Waals surface area (Å²) in [6, 6.07) is 8.25. The summed E-state index contributed by atoms with van der Waals surface area (Å²) in [6.45, 7) is 2.34. The topological polar surface area (TPSA) is 50.5 Å². The first-order valence-corrected chi connectivity index (χ1v) is 7.81. The molecule has 1 aliphatic rings. The van der Waals surface area contributed by atoms with E-state index in [0.29, 0.717) is 0 Å². The lowest BCUT2D eigenvalue weighted by molar-refractivity contribution is 0.0420. The molecular weight excluding hydrogens is 262 g/mol. The molecule has 21 heavy (non-hydrogen) atoms. The summed E-state index contributed by atoms with van der Waals surface area (Å²) in [5.74, 6) is 7.69. The van der Waals surface area contributed by atoms with Gasteiger partial charge in [-0.05, 0) is 51.8 Å². The van der Waals surface area contributed by atoms with Gasteiger partial charge in [0.2, 0.25) is 0 Å². The van der Waals surface area contributed by atoms with Crippen LogP contribution in [0.4, 0.5) is 0 Å². The van der Waals surface area contributed by atoms with Crippen LogP contribution in [0.25, 0.3) is 0 Å². The van der Waals surface area contributed by atoms with E-state index in [0.717, 1.165) is 30.1 Å². The smallest absolute Gasteiger partial charge is 0.123 e. The number of ether oxygens (including phenoxy) is 1. The van der Waals surface area contributed by atoms with Gasteiger partial charge in [0, 0.05) is 11.1 Å². The van der Waals surface area contributed by atoms with E-state index >= 15 is 0 Å². The van der Waals surface area contributed by atoms with Gasteiger partial charge in [0.15, 0.2) is 0 Å². The Balaban J connectivity index is 2.41. The Bertz CT molecular complexity index is 453. The average molecular weight is 291 g/mol. The maximum absolute atomic E-state index is 5.98. The van der Waals surface area contributed by atoms with Crippen molar-refractivity contribution in [2.24, 2.45) is 11.8 Å². The van der Waals surface area contributed by atoms with Crippen molar-refractivity contribution in [1.29, 1.82) is 0 Å². The molecule has 0 aromatic heterocycles. The van der Waals surface area contributed by atoms with Crippen molar-refractivity contribution in [2.45, 2.75) is 44.2 Å².